The van der Waals surface area contributed by atoms with E-state index in [1.165, 1.54) is 0 Å². The van der Waals surface area contributed by atoms with Crippen molar-refractivity contribution in [2.75, 3.05) is 39.1 Å². The van der Waals surface area contributed by atoms with E-state index >= 15 is 0 Å². The average Bonchev–Trinajstić information content (AvgIpc) is 3.57. The zero-order chi connectivity index (χ0) is 30.2. The molecule has 226 valence electrons. The van der Waals surface area contributed by atoms with Gasteiger partial charge in [-0.15, -0.1) is 0 Å². The molecule has 8 nitrogen and oxygen atoms in total. The molecule has 1 aliphatic carbocycles. The van der Waals surface area contributed by atoms with E-state index in [4.69, 9.17) is 4.74 Å². The SMILES string of the molecule is CCOc1cc([C@H](C)N2CC3(CC3)c3c(CN(C)CCC(F)(F)F)cc(Cn4ccnc4NC)cc3C2=O)ncc1F. The molecule has 0 bridgehead atoms. The van der Waals surface area contributed by atoms with E-state index in [0.29, 0.717) is 36.9 Å². The number of hydrogen-bond donors (Lipinski definition) is 1. The normalized spacial score (nSPS) is 16.6. The molecule has 1 N–H and O–H groups in total. The molecule has 0 unspecified atom stereocenters. The number of rotatable bonds is 11. The number of anilines is 1. The number of fused-ring (bicyclic) bond motifs is 2. The van der Waals surface area contributed by atoms with Gasteiger partial charge in [-0.2, -0.15) is 13.2 Å². The molecule has 2 aromatic heterocycles. The van der Waals surface area contributed by atoms with Gasteiger partial charge in [0.1, 0.15) is 0 Å². The number of alkyl halides is 3. The van der Waals surface area contributed by atoms with Crippen LogP contribution < -0.4 is 10.1 Å². The Morgan fingerprint density at radius 3 is 2.64 bits per heavy atom. The fourth-order valence-electron chi connectivity index (χ4n) is 5.92. The maximum atomic E-state index is 14.2. The van der Waals surface area contributed by atoms with Gasteiger partial charge in [-0.3, -0.25) is 9.78 Å². The molecule has 3 aromatic rings. The molecule has 0 radical (unpaired) electrons. The molecule has 12 heteroatoms. The topological polar surface area (TPSA) is 75.5 Å². The van der Waals surface area contributed by atoms with Crippen LogP contribution in [-0.2, 0) is 18.5 Å². The minimum Gasteiger partial charge on any atom is -0.491 e. The third-order valence-corrected chi connectivity index (χ3v) is 8.17. The number of imidazole rings is 1. The van der Waals surface area contributed by atoms with Gasteiger partial charge in [-0.05, 0) is 56.5 Å². The van der Waals surface area contributed by atoms with Crippen LogP contribution in [0.15, 0.2) is 36.8 Å². The number of ether oxygens (including phenoxy) is 1. The number of hydrogen-bond acceptors (Lipinski definition) is 6. The highest BCUT2D eigenvalue weighted by Crippen LogP contribution is 2.55. The molecule has 1 spiro atoms. The van der Waals surface area contributed by atoms with Gasteiger partial charge >= 0.3 is 6.18 Å². The van der Waals surface area contributed by atoms with Crippen LogP contribution >= 0.6 is 0 Å². The molecule has 1 aliphatic heterocycles. The van der Waals surface area contributed by atoms with Crippen LogP contribution in [0.4, 0.5) is 23.5 Å². The summed E-state index contributed by atoms with van der Waals surface area (Å²) in [7, 11) is 3.45. The van der Waals surface area contributed by atoms with Gasteiger partial charge in [0, 0.05) is 56.1 Å². The highest BCUT2D eigenvalue weighted by molar-refractivity contribution is 5.98. The number of nitrogens with one attached hydrogen (secondary N) is 1. The molecule has 1 amide bonds. The lowest BCUT2D eigenvalue weighted by Crippen LogP contribution is -2.45. The van der Waals surface area contributed by atoms with Gasteiger partial charge in [-0.25, -0.2) is 9.37 Å². The quantitative estimate of drug-likeness (QED) is 0.297. The van der Waals surface area contributed by atoms with E-state index in [1.807, 2.05) is 29.8 Å². The van der Waals surface area contributed by atoms with Crippen molar-refractivity contribution < 1.29 is 27.1 Å². The summed E-state index contributed by atoms with van der Waals surface area (Å²) in [6.07, 6.45) is 1.19. The van der Waals surface area contributed by atoms with Crippen LogP contribution in [0.1, 0.15) is 71.9 Å². The van der Waals surface area contributed by atoms with E-state index in [0.717, 1.165) is 35.7 Å². The number of carbonyl (C=O) groups is 1. The zero-order valence-corrected chi connectivity index (χ0v) is 24.3. The average molecular weight is 589 g/mol. The van der Waals surface area contributed by atoms with E-state index in [1.54, 1.807) is 43.1 Å². The lowest BCUT2D eigenvalue weighted by atomic mass is 9.81. The molecular formula is C30H36F4N6O2. The molecular weight excluding hydrogens is 552 g/mol. The lowest BCUT2D eigenvalue weighted by molar-refractivity contribution is -0.137. The maximum Gasteiger partial charge on any atom is 0.390 e. The second-order valence-corrected chi connectivity index (χ2v) is 11.3. The van der Waals surface area contributed by atoms with Crippen LogP contribution in [0.2, 0.25) is 0 Å². The highest BCUT2D eigenvalue weighted by atomic mass is 19.4. The largest absolute Gasteiger partial charge is 0.491 e. The van der Waals surface area contributed by atoms with Crippen LogP contribution in [-0.4, -0.2) is 70.2 Å². The number of carbonyl (C=O) groups excluding carboxylic acids is 1. The molecule has 1 aromatic carbocycles. The summed E-state index contributed by atoms with van der Waals surface area (Å²) in [6.45, 7) is 4.96. The smallest absolute Gasteiger partial charge is 0.390 e. The molecule has 1 atom stereocenters. The van der Waals surface area contributed by atoms with Gasteiger partial charge in [-0.1, -0.05) is 6.07 Å². The fraction of sp³-hybridized carbons (Fsp3) is 0.500. The molecule has 0 saturated heterocycles. The van der Waals surface area contributed by atoms with Gasteiger partial charge in [0.2, 0.25) is 5.95 Å². The predicted molar refractivity (Wildman–Crippen MR) is 150 cm³/mol. The Labute approximate surface area is 242 Å². The third-order valence-electron chi connectivity index (χ3n) is 8.17. The number of aromatic nitrogens is 3. The van der Waals surface area contributed by atoms with Gasteiger partial charge in [0.25, 0.3) is 5.91 Å². The van der Waals surface area contributed by atoms with Crippen molar-refractivity contribution in [2.24, 2.45) is 0 Å². The van der Waals surface area contributed by atoms with Crippen molar-refractivity contribution in [3.8, 4) is 5.75 Å². The second-order valence-electron chi connectivity index (χ2n) is 11.3. The minimum absolute atomic E-state index is 0.0903. The van der Waals surface area contributed by atoms with Crippen LogP contribution in [0.25, 0.3) is 0 Å². The molecule has 3 heterocycles. The van der Waals surface area contributed by atoms with Crippen molar-refractivity contribution in [1.29, 1.82) is 0 Å². The predicted octanol–water partition coefficient (Wildman–Crippen LogP) is 5.54. The summed E-state index contributed by atoms with van der Waals surface area (Å²) in [6, 6.07) is 5.01. The standard InChI is InChI=1S/C30H36F4N6O2/c1-5-42-25-14-24(37-15-23(25)31)19(2)40-18-29(6-7-29)26-21(17-38(4)10-8-30(32,33)34)12-20(13-22(26)27(40)41)16-39-11-9-36-28(39)35-3/h9,11-15,19H,5-8,10,16-18H2,1-4H3,(H,35,36)/t19-/m0/s1. The van der Waals surface area contributed by atoms with Crippen molar-refractivity contribution in [2.45, 2.75) is 63.8 Å². The molecule has 5 rings (SSSR count). The van der Waals surface area contributed by atoms with Gasteiger partial charge in [0.05, 0.1) is 37.5 Å². The number of amides is 1. The van der Waals surface area contributed by atoms with Crippen molar-refractivity contribution in [3.05, 3.63) is 70.6 Å². The Bertz CT molecular complexity index is 1450. The summed E-state index contributed by atoms with van der Waals surface area (Å²) in [5.41, 5.74) is 3.44. The molecule has 1 fully saturated rings. The second kappa shape index (κ2) is 11.5. The highest BCUT2D eigenvalue weighted by Gasteiger charge is 2.53. The van der Waals surface area contributed by atoms with E-state index in [2.05, 4.69) is 15.3 Å². The first-order chi connectivity index (χ1) is 19.9. The van der Waals surface area contributed by atoms with E-state index in [-0.39, 0.29) is 30.2 Å². The minimum atomic E-state index is -4.25. The van der Waals surface area contributed by atoms with Gasteiger partial charge in [0.15, 0.2) is 11.6 Å². The van der Waals surface area contributed by atoms with Crippen molar-refractivity contribution >= 4 is 11.9 Å². The number of pyridine rings is 1. The Balaban J connectivity index is 1.53. The summed E-state index contributed by atoms with van der Waals surface area (Å²) in [4.78, 5) is 26.2. The van der Waals surface area contributed by atoms with Gasteiger partial charge < -0.3 is 24.4 Å². The zero-order valence-electron chi connectivity index (χ0n) is 24.3. The van der Waals surface area contributed by atoms with Crippen LogP contribution in [0, 0.1) is 5.82 Å². The Hall–Kier alpha value is -3.67. The molecule has 2 aliphatic rings. The Kier molecular flexibility index (Phi) is 8.19. The number of nitrogens with zero attached hydrogens (tertiary/aromatic N) is 5. The fourth-order valence-corrected chi connectivity index (χ4v) is 5.92. The van der Waals surface area contributed by atoms with Crippen LogP contribution in [0.5, 0.6) is 5.75 Å². The first kappa shape index (κ1) is 29.8. The number of halogens is 4. The third kappa shape index (κ3) is 6.08. The van der Waals surface area contributed by atoms with Crippen LogP contribution in [0.3, 0.4) is 0 Å². The van der Waals surface area contributed by atoms with E-state index in [9.17, 15) is 22.4 Å². The molecule has 1 saturated carbocycles. The first-order valence-electron chi connectivity index (χ1n) is 14.1. The van der Waals surface area contributed by atoms with Crippen molar-refractivity contribution in [1.82, 2.24) is 24.3 Å². The Morgan fingerprint density at radius 1 is 1.21 bits per heavy atom. The monoisotopic (exact) mass is 588 g/mol. The lowest BCUT2D eigenvalue weighted by Gasteiger charge is -2.40. The summed E-state index contributed by atoms with van der Waals surface area (Å²) in [5.74, 6) is 0.00235. The summed E-state index contributed by atoms with van der Waals surface area (Å²) >= 11 is 0. The first-order valence-corrected chi connectivity index (χ1v) is 14.1. The number of benzene rings is 1. The maximum absolute atomic E-state index is 14.2. The summed E-state index contributed by atoms with van der Waals surface area (Å²) < 4.78 is 60.5. The van der Waals surface area contributed by atoms with E-state index < -0.39 is 24.5 Å². The molecule has 42 heavy (non-hydrogen) atoms. The van der Waals surface area contributed by atoms with Crippen molar-refractivity contribution in [3.63, 3.8) is 0 Å². The Morgan fingerprint density at radius 2 is 1.98 bits per heavy atom. The summed E-state index contributed by atoms with van der Waals surface area (Å²) in [5, 5.41) is 3.04.